The second kappa shape index (κ2) is 12.0. The van der Waals surface area contributed by atoms with Crippen LogP contribution in [-0.2, 0) is 22.3 Å². The zero-order valence-corrected chi connectivity index (χ0v) is 18.0. The summed E-state index contributed by atoms with van der Waals surface area (Å²) in [5.74, 6) is 0.755. The Kier molecular flexibility index (Phi) is 9.73. The molecule has 158 valence electrons. The number of hydrogen-bond donors (Lipinski definition) is 3. The molecule has 0 radical (unpaired) electrons. The van der Waals surface area contributed by atoms with Crippen LogP contribution in [0.25, 0.3) is 0 Å². The highest BCUT2D eigenvalue weighted by molar-refractivity contribution is 7.88. The van der Waals surface area contributed by atoms with Crippen LogP contribution in [0, 0.1) is 0 Å². The van der Waals surface area contributed by atoms with E-state index in [1.165, 1.54) is 45.8 Å². The van der Waals surface area contributed by atoms with Gasteiger partial charge in [0.25, 0.3) is 0 Å². The molecule has 0 unspecified atom stereocenters. The molecule has 1 aliphatic rings. The first kappa shape index (κ1) is 22.6. The fourth-order valence-electron chi connectivity index (χ4n) is 3.40. The monoisotopic (exact) mass is 409 g/mol. The summed E-state index contributed by atoms with van der Waals surface area (Å²) >= 11 is 0. The maximum Gasteiger partial charge on any atom is 0.215 e. The van der Waals surface area contributed by atoms with Crippen molar-refractivity contribution in [3.05, 3.63) is 35.4 Å². The van der Waals surface area contributed by atoms with Crippen molar-refractivity contribution < 1.29 is 8.42 Å². The lowest BCUT2D eigenvalue weighted by Gasteiger charge is -2.20. The van der Waals surface area contributed by atoms with Crippen molar-refractivity contribution in [2.45, 2.75) is 44.4 Å². The Bertz CT molecular complexity index is 713. The minimum atomic E-state index is -3.26. The van der Waals surface area contributed by atoms with E-state index in [0.717, 1.165) is 36.6 Å². The summed E-state index contributed by atoms with van der Waals surface area (Å²) in [5.41, 5.74) is 1.80. The van der Waals surface area contributed by atoms with Crippen LogP contribution in [0.2, 0.25) is 0 Å². The fraction of sp³-hybridized carbons (Fsp3) is 0.650. The molecule has 7 nitrogen and oxygen atoms in total. The van der Waals surface area contributed by atoms with Gasteiger partial charge in [0.05, 0.1) is 5.75 Å². The summed E-state index contributed by atoms with van der Waals surface area (Å²) in [5, 5.41) is 6.66. The first-order chi connectivity index (χ1) is 13.5. The van der Waals surface area contributed by atoms with Gasteiger partial charge >= 0.3 is 0 Å². The lowest BCUT2D eigenvalue weighted by atomic mass is 10.1. The Hall–Kier alpha value is -1.64. The third kappa shape index (κ3) is 8.58. The van der Waals surface area contributed by atoms with E-state index in [1.807, 2.05) is 24.3 Å². The molecule has 1 heterocycles. The molecule has 1 aromatic rings. The molecule has 1 fully saturated rings. The fourth-order valence-corrected chi connectivity index (χ4v) is 4.16. The molecule has 0 aromatic heterocycles. The van der Waals surface area contributed by atoms with Gasteiger partial charge in [0.1, 0.15) is 0 Å². The Morgan fingerprint density at radius 2 is 1.82 bits per heavy atom. The number of aliphatic imine (C=N–C) groups is 1. The number of benzene rings is 1. The predicted octanol–water partition coefficient (Wildman–Crippen LogP) is 1.67. The molecular weight excluding hydrogens is 374 g/mol. The first-order valence-electron chi connectivity index (χ1n) is 10.2. The first-order valence-corrected chi connectivity index (χ1v) is 11.8. The summed E-state index contributed by atoms with van der Waals surface area (Å²) in [6, 6.07) is 7.60. The van der Waals surface area contributed by atoms with Crippen LogP contribution in [0.3, 0.4) is 0 Å². The number of sulfonamides is 1. The van der Waals surface area contributed by atoms with Crippen LogP contribution >= 0.6 is 0 Å². The molecule has 0 atom stereocenters. The van der Waals surface area contributed by atoms with Crippen molar-refractivity contribution in [1.82, 2.24) is 20.3 Å². The molecule has 1 aliphatic heterocycles. The van der Waals surface area contributed by atoms with Gasteiger partial charge in [0, 0.05) is 20.1 Å². The summed E-state index contributed by atoms with van der Waals surface area (Å²) in [6.07, 6.45) is 6.48. The van der Waals surface area contributed by atoms with Gasteiger partial charge in [-0.25, -0.2) is 13.1 Å². The minimum absolute atomic E-state index is 0.0131. The van der Waals surface area contributed by atoms with E-state index < -0.39 is 10.0 Å². The van der Waals surface area contributed by atoms with E-state index >= 15 is 0 Å². The van der Waals surface area contributed by atoms with Crippen molar-refractivity contribution in [2.75, 3.05) is 40.3 Å². The molecule has 0 bridgehead atoms. The molecule has 28 heavy (non-hydrogen) atoms. The average molecular weight is 410 g/mol. The zero-order chi connectivity index (χ0) is 20.2. The summed E-state index contributed by atoms with van der Waals surface area (Å²) in [4.78, 5) is 6.84. The molecule has 0 aliphatic carbocycles. The molecular formula is C20H35N5O2S. The highest BCUT2D eigenvalue weighted by Crippen LogP contribution is 2.10. The molecule has 0 spiro atoms. The van der Waals surface area contributed by atoms with Crippen molar-refractivity contribution in [1.29, 1.82) is 0 Å². The van der Waals surface area contributed by atoms with Gasteiger partial charge in [0.2, 0.25) is 10.0 Å². The second-order valence-electron chi connectivity index (χ2n) is 7.25. The van der Waals surface area contributed by atoms with Gasteiger partial charge in [0.15, 0.2) is 5.96 Å². The maximum absolute atomic E-state index is 11.7. The Labute approximate surface area is 170 Å². The van der Waals surface area contributed by atoms with Crippen LogP contribution < -0.4 is 15.4 Å². The van der Waals surface area contributed by atoms with E-state index in [0.29, 0.717) is 6.54 Å². The molecule has 0 saturated carbocycles. The molecule has 8 heteroatoms. The lowest BCUT2D eigenvalue weighted by Crippen LogP contribution is -2.38. The number of likely N-dealkylation sites (tertiary alicyclic amines) is 1. The Morgan fingerprint density at radius 3 is 2.50 bits per heavy atom. The van der Waals surface area contributed by atoms with Gasteiger partial charge in [-0.05, 0) is 57.1 Å². The van der Waals surface area contributed by atoms with Crippen LogP contribution in [0.15, 0.2) is 29.3 Å². The average Bonchev–Trinajstić information content (AvgIpc) is 2.96. The third-order valence-corrected chi connectivity index (χ3v) is 6.32. The van der Waals surface area contributed by atoms with E-state index in [-0.39, 0.29) is 5.75 Å². The van der Waals surface area contributed by atoms with Gasteiger partial charge in [-0.2, -0.15) is 0 Å². The molecule has 1 saturated heterocycles. The van der Waals surface area contributed by atoms with Crippen molar-refractivity contribution in [3.63, 3.8) is 0 Å². The molecule has 1 aromatic carbocycles. The predicted molar refractivity (Wildman–Crippen MR) is 116 cm³/mol. The van der Waals surface area contributed by atoms with Gasteiger partial charge in [-0.3, -0.25) is 4.99 Å². The van der Waals surface area contributed by atoms with Gasteiger partial charge < -0.3 is 15.5 Å². The smallest absolute Gasteiger partial charge is 0.215 e. The molecule has 0 amide bonds. The van der Waals surface area contributed by atoms with Crippen molar-refractivity contribution >= 4 is 16.0 Å². The Balaban J connectivity index is 1.73. The minimum Gasteiger partial charge on any atom is -0.356 e. The van der Waals surface area contributed by atoms with Crippen molar-refractivity contribution in [3.8, 4) is 0 Å². The lowest BCUT2D eigenvalue weighted by molar-refractivity contribution is 0.282. The van der Waals surface area contributed by atoms with Crippen LogP contribution in [0.4, 0.5) is 0 Å². The third-order valence-electron chi connectivity index (χ3n) is 4.98. The van der Waals surface area contributed by atoms with Gasteiger partial charge in [-0.1, -0.05) is 37.1 Å². The van der Waals surface area contributed by atoms with Crippen LogP contribution in [0.5, 0.6) is 0 Å². The highest BCUT2D eigenvalue weighted by Gasteiger charge is 2.10. The van der Waals surface area contributed by atoms with E-state index in [9.17, 15) is 8.42 Å². The molecule has 3 N–H and O–H groups in total. The summed E-state index contributed by atoms with van der Waals surface area (Å²) in [6.45, 7) is 5.07. The van der Waals surface area contributed by atoms with Crippen LogP contribution in [-0.4, -0.2) is 59.6 Å². The van der Waals surface area contributed by atoms with E-state index in [4.69, 9.17) is 0 Å². The number of hydrogen-bond acceptors (Lipinski definition) is 4. The standard InChI is InChI=1S/C20H35N5O2S/c1-21-20(23-11-8-14-25-12-5-3-4-6-13-25)24-16-18-9-7-10-19(15-18)17-28(26,27)22-2/h7,9-10,15,22H,3-6,8,11-14,16-17H2,1-2H3,(H2,21,23,24). The number of rotatable bonds is 9. The molecule has 2 rings (SSSR count). The quantitative estimate of drug-likeness (QED) is 0.328. The van der Waals surface area contributed by atoms with Gasteiger partial charge in [-0.15, -0.1) is 0 Å². The summed E-state index contributed by atoms with van der Waals surface area (Å²) < 4.78 is 25.8. The van der Waals surface area contributed by atoms with E-state index in [1.54, 1.807) is 7.05 Å². The number of nitrogens with one attached hydrogen (secondary N) is 3. The normalized spacial score (nSPS) is 16.6. The van der Waals surface area contributed by atoms with Crippen LogP contribution in [0.1, 0.15) is 43.2 Å². The number of guanidine groups is 1. The highest BCUT2D eigenvalue weighted by atomic mass is 32.2. The SMILES string of the molecule is CN=C(NCCCN1CCCCCC1)NCc1cccc(CS(=O)(=O)NC)c1. The topological polar surface area (TPSA) is 85.8 Å². The number of nitrogens with zero attached hydrogens (tertiary/aromatic N) is 2. The second-order valence-corrected chi connectivity index (χ2v) is 9.17. The maximum atomic E-state index is 11.7. The zero-order valence-electron chi connectivity index (χ0n) is 17.2. The van der Waals surface area contributed by atoms with Crippen molar-refractivity contribution in [2.24, 2.45) is 4.99 Å². The Morgan fingerprint density at radius 1 is 1.11 bits per heavy atom. The summed E-state index contributed by atoms with van der Waals surface area (Å²) in [7, 11) is -0.0647. The van der Waals surface area contributed by atoms with E-state index in [2.05, 4.69) is 25.2 Å². The largest absolute Gasteiger partial charge is 0.356 e.